The van der Waals surface area contributed by atoms with Crippen molar-refractivity contribution < 1.29 is 10.2 Å². The average Bonchev–Trinajstić information content (AvgIpc) is 2.46. The largest absolute Gasteiger partial charge is 0.389 e. The molecule has 20 heavy (non-hydrogen) atoms. The molecule has 2 heteroatoms. The molecule has 0 radical (unpaired) electrons. The summed E-state index contributed by atoms with van der Waals surface area (Å²) in [5.74, 6) is 5.72. The number of allylic oxidation sites excluding steroid dienone is 1. The zero-order chi connectivity index (χ0) is 14.8. The van der Waals surface area contributed by atoms with Gasteiger partial charge in [-0.1, -0.05) is 61.9 Å². The first kappa shape index (κ1) is 16.5. The molecule has 0 saturated carbocycles. The van der Waals surface area contributed by atoms with Crippen LogP contribution in [-0.4, -0.2) is 22.9 Å². The Hall–Kier alpha value is -1.56. The molecule has 0 aromatic heterocycles. The predicted molar refractivity (Wildman–Crippen MR) is 84.0 cm³/mol. The highest BCUT2D eigenvalue weighted by molar-refractivity contribution is 5.81. The Morgan fingerprint density at radius 1 is 1.20 bits per heavy atom. The fourth-order valence-electron chi connectivity index (χ4n) is 2.18. The van der Waals surface area contributed by atoms with E-state index in [4.69, 9.17) is 5.11 Å². The van der Waals surface area contributed by atoms with Gasteiger partial charge in [0.05, 0.1) is 6.10 Å². The van der Waals surface area contributed by atoms with Crippen LogP contribution in [0.2, 0.25) is 0 Å². The van der Waals surface area contributed by atoms with Crippen LogP contribution in [0, 0.1) is 11.8 Å². The maximum Gasteiger partial charge on any atom is 0.104 e. The summed E-state index contributed by atoms with van der Waals surface area (Å²) in [6.07, 6.45) is 3.67. The van der Waals surface area contributed by atoms with Crippen molar-refractivity contribution in [2.45, 2.75) is 45.6 Å². The van der Waals surface area contributed by atoms with E-state index in [-0.39, 0.29) is 6.61 Å². The molecule has 2 nitrogen and oxygen atoms in total. The first-order valence-electron chi connectivity index (χ1n) is 7.27. The molecule has 0 spiro atoms. The van der Waals surface area contributed by atoms with E-state index in [9.17, 15) is 5.11 Å². The molecular weight excluding hydrogens is 248 g/mol. The summed E-state index contributed by atoms with van der Waals surface area (Å²) >= 11 is 0. The molecule has 0 fully saturated rings. The summed E-state index contributed by atoms with van der Waals surface area (Å²) in [4.78, 5) is 0. The van der Waals surface area contributed by atoms with Gasteiger partial charge >= 0.3 is 0 Å². The van der Waals surface area contributed by atoms with Crippen molar-refractivity contribution in [3.63, 3.8) is 0 Å². The minimum atomic E-state index is -0.518. The van der Waals surface area contributed by atoms with E-state index in [0.29, 0.717) is 0 Å². The third-order valence-electron chi connectivity index (χ3n) is 3.23. The first-order valence-corrected chi connectivity index (χ1v) is 7.27. The van der Waals surface area contributed by atoms with E-state index in [1.807, 2.05) is 30.3 Å². The number of rotatable bonds is 6. The predicted octanol–water partition coefficient (Wildman–Crippen LogP) is 3.40. The van der Waals surface area contributed by atoms with Crippen LogP contribution >= 0.6 is 0 Å². The average molecular weight is 272 g/mol. The summed E-state index contributed by atoms with van der Waals surface area (Å²) in [5.41, 5.74) is 2.82. The Morgan fingerprint density at radius 2 is 1.90 bits per heavy atom. The van der Waals surface area contributed by atoms with E-state index in [0.717, 1.165) is 42.4 Å². The summed E-state index contributed by atoms with van der Waals surface area (Å²) in [5, 5.41) is 19.0. The van der Waals surface area contributed by atoms with Gasteiger partial charge in [-0.3, -0.25) is 0 Å². The van der Waals surface area contributed by atoms with Crippen molar-refractivity contribution in [3.8, 4) is 11.8 Å². The molecule has 2 N–H and O–H groups in total. The third kappa shape index (κ3) is 5.21. The molecule has 1 unspecified atom stereocenters. The van der Waals surface area contributed by atoms with Crippen LogP contribution in [-0.2, 0) is 0 Å². The standard InChI is InChI=1S/C18H24O2/c1-3-4-6-12-17(15(2)20)18(13-9-14-19)16-10-7-5-8-11-16/h5,7-8,10-11,15,19-20H,3-4,6,12,14H2,1-2H3/b18-17+. The highest BCUT2D eigenvalue weighted by atomic mass is 16.3. The van der Waals surface area contributed by atoms with Crippen LogP contribution in [0.1, 0.15) is 45.1 Å². The minimum Gasteiger partial charge on any atom is -0.389 e. The van der Waals surface area contributed by atoms with Gasteiger partial charge in [0.15, 0.2) is 0 Å². The lowest BCUT2D eigenvalue weighted by atomic mass is 9.93. The molecule has 0 heterocycles. The third-order valence-corrected chi connectivity index (χ3v) is 3.23. The minimum absolute atomic E-state index is 0.168. The molecule has 0 aliphatic carbocycles. The quantitative estimate of drug-likeness (QED) is 0.615. The molecule has 0 aliphatic heterocycles. The van der Waals surface area contributed by atoms with Crippen molar-refractivity contribution in [3.05, 3.63) is 41.5 Å². The zero-order valence-corrected chi connectivity index (χ0v) is 12.4. The summed E-state index contributed by atoms with van der Waals surface area (Å²) < 4.78 is 0. The Morgan fingerprint density at radius 3 is 2.45 bits per heavy atom. The molecule has 0 amide bonds. The number of benzene rings is 1. The van der Waals surface area contributed by atoms with Crippen molar-refractivity contribution in [2.24, 2.45) is 0 Å². The van der Waals surface area contributed by atoms with Gasteiger partial charge in [0.2, 0.25) is 0 Å². The monoisotopic (exact) mass is 272 g/mol. The maximum absolute atomic E-state index is 10.1. The van der Waals surface area contributed by atoms with Gasteiger partial charge in [0, 0.05) is 5.57 Å². The van der Waals surface area contributed by atoms with Crippen LogP contribution in [0.25, 0.3) is 5.57 Å². The lowest BCUT2D eigenvalue weighted by molar-refractivity contribution is 0.227. The van der Waals surface area contributed by atoms with Gasteiger partial charge < -0.3 is 10.2 Å². The zero-order valence-electron chi connectivity index (χ0n) is 12.4. The molecule has 0 aliphatic rings. The fraction of sp³-hybridized carbons (Fsp3) is 0.444. The lowest BCUT2D eigenvalue weighted by Crippen LogP contribution is -2.08. The normalized spacial score (nSPS) is 13.2. The molecular formula is C18H24O2. The Labute approximate surface area is 122 Å². The SMILES string of the molecule is CCCCC/C(=C(/C#CCO)c1ccccc1)C(C)O. The summed E-state index contributed by atoms with van der Waals surface area (Å²) in [6, 6.07) is 9.86. The molecule has 0 saturated heterocycles. The highest BCUT2D eigenvalue weighted by Gasteiger charge is 2.12. The highest BCUT2D eigenvalue weighted by Crippen LogP contribution is 2.25. The number of hydrogen-bond donors (Lipinski definition) is 2. The smallest absolute Gasteiger partial charge is 0.104 e. The van der Waals surface area contributed by atoms with Crippen LogP contribution in [0.5, 0.6) is 0 Å². The van der Waals surface area contributed by atoms with Crippen LogP contribution in [0.15, 0.2) is 35.9 Å². The van der Waals surface area contributed by atoms with Crippen LogP contribution in [0.4, 0.5) is 0 Å². The van der Waals surface area contributed by atoms with Crippen molar-refractivity contribution in [1.82, 2.24) is 0 Å². The van der Waals surface area contributed by atoms with Crippen molar-refractivity contribution >= 4 is 5.57 Å². The van der Waals surface area contributed by atoms with Gasteiger partial charge in [-0.15, -0.1) is 0 Å². The molecule has 108 valence electrons. The van der Waals surface area contributed by atoms with E-state index >= 15 is 0 Å². The lowest BCUT2D eigenvalue weighted by Gasteiger charge is -2.15. The van der Waals surface area contributed by atoms with Gasteiger partial charge in [0.25, 0.3) is 0 Å². The Kier molecular flexibility index (Phi) is 7.72. The number of aliphatic hydroxyl groups is 2. The summed E-state index contributed by atoms with van der Waals surface area (Å²) in [6.45, 7) is 3.78. The topological polar surface area (TPSA) is 40.5 Å². The van der Waals surface area contributed by atoms with Crippen LogP contribution in [0.3, 0.4) is 0 Å². The Bertz CT molecular complexity index is 475. The number of unbranched alkanes of at least 4 members (excludes halogenated alkanes) is 2. The van der Waals surface area contributed by atoms with Crippen LogP contribution < -0.4 is 0 Å². The number of hydrogen-bond acceptors (Lipinski definition) is 2. The van der Waals surface area contributed by atoms with Crippen molar-refractivity contribution in [2.75, 3.05) is 6.61 Å². The van der Waals surface area contributed by atoms with Gasteiger partial charge in [-0.2, -0.15) is 0 Å². The first-order chi connectivity index (χ1) is 9.70. The summed E-state index contributed by atoms with van der Waals surface area (Å²) in [7, 11) is 0. The van der Waals surface area contributed by atoms with E-state index in [2.05, 4.69) is 18.8 Å². The Balaban J connectivity index is 3.17. The molecule has 1 aromatic carbocycles. The van der Waals surface area contributed by atoms with Crippen molar-refractivity contribution in [1.29, 1.82) is 0 Å². The molecule has 1 atom stereocenters. The second-order valence-corrected chi connectivity index (χ2v) is 4.86. The molecule has 1 rings (SSSR count). The maximum atomic E-state index is 10.1. The van der Waals surface area contributed by atoms with Gasteiger partial charge in [-0.05, 0) is 30.9 Å². The molecule has 1 aromatic rings. The second-order valence-electron chi connectivity index (χ2n) is 4.86. The number of aliphatic hydroxyl groups excluding tert-OH is 2. The molecule has 0 bridgehead atoms. The van der Waals surface area contributed by atoms with E-state index in [1.54, 1.807) is 6.92 Å². The van der Waals surface area contributed by atoms with E-state index < -0.39 is 6.10 Å². The second kappa shape index (κ2) is 9.36. The van der Waals surface area contributed by atoms with Gasteiger partial charge in [0.1, 0.15) is 6.61 Å². The van der Waals surface area contributed by atoms with Gasteiger partial charge in [-0.25, -0.2) is 0 Å². The fourth-order valence-corrected chi connectivity index (χ4v) is 2.18. The van der Waals surface area contributed by atoms with E-state index in [1.165, 1.54) is 0 Å².